The number of carboxylic acids is 1. The Hall–Kier alpha value is 0.390. The van der Waals surface area contributed by atoms with Gasteiger partial charge in [0, 0.05) is 23.7 Å². The van der Waals surface area contributed by atoms with Crippen molar-refractivity contribution in [2.45, 2.75) is 34.5 Å². The van der Waals surface area contributed by atoms with Crippen LogP contribution in [0.2, 0.25) is 0 Å². The summed E-state index contributed by atoms with van der Waals surface area (Å²) in [5.41, 5.74) is 0.608. The van der Waals surface area contributed by atoms with E-state index in [9.17, 15) is 14.7 Å². The Kier molecular flexibility index (Phi) is 5.70. The first kappa shape index (κ1) is 21.1. The van der Waals surface area contributed by atoms with Crippen LogP contribution in [0.3, 0.4) is 0 Å². The molecule has 0 spiro atoms. The number of hydrogen-bond acceptors (Lipinski definition) is 4. The van der Waals surface area contributed by atoms with E-state index in [2.05, 4.69) is 68.7 Å². The molecule has 0 aliphatic carbocycles. The lowest BCUT2D eigenvalue weighted by Gasteiger charge is -2.47. The van der Waals surface area contributed by atoms with Gasteiger partial charge in [0.05, 0.1) is 0 Å². The van der Waals surface area contributed by atoms with Crippen LogP contribution in [0.15, 0.2) is 30.5 Å². The van der Waals surface area contributed by atoms with Gasteiger partial charge < -0.3 is 10.0 Å². The number of hydrogen-bond donors (Lipinski definition) is 1. The Morgan fingerprint density at radius 1 is 1.31 bits per heavy atom. The topological polar surface area (TPSA) is 70.0 Å². The molecule has 1 amide bonds. The molecule has 3 rings (SSSR count). The number of aliphatic carboxylic acids is 1. The smallest absolute Gasteiger partial charge is 0.327 e. The van der Waals surface area contributed by atoms with Crippen molar-refractivity contribution < 1.29 is 14.7 Å². The second-order valence-electron chi connectivity index (χ2n) is 6.35. The molecule has 0 bridgehead atoms. The molecular weight excluding hydrogens is 643 g/mol. The Bertz CT molecular complexity index is 842. The number of aliphatic imine (C=N–C) groups is 1. The Balaban J connectivity index is 2.00. The molecule has 26 heavy (non-hydrogen) atoms. The fourth-order valence-corrected chi connectivity index (χ4v) is 8.79. The molecular formula is C15H11Br4ClN2O3S. The number of rotatable bonds is 3. The zero-order chi connectivity index (χ0) is 19.6. The molecule has 1 aromatic rings. The predicted octanol–water partition coefficient (Wildman–Crippen LogP) is 5.20. The zero-order valence-electron chi connectivity index (χ0n) is 13.3. The minimum Gasteiger partial charge on any atom is -0.480 e. The number of carboxylic acid groups (broad SMARTS) is 1. The van der Waals surface area contributed by atoms with Gasteiger partial charge in [-0.3, -0.25) is 4.79 Å². The highest BCUT2D eigenvalue weighted by Gasteiger charge is 2.71. The van der Waals surface area contributed by atoms with E-state index in [-0.39, 0.29) is 5.17 Å². The number of amides is 1. The lowest BCUT2D eigenvalue weighted by atomic mass is 9.96. The lowest BCUT2D eigenvalue weighted by molar-refractivity contribution is -0.160. The Morgan fingerprint density at radius 2 is 1.85 bits per heavy atom. The molecule has 2 aliphatic heterocycles. The first-order chi connectivity index (χ1) is 11.9. The molecule has 0 radical (unpaired) electrons. The third kappa shape index (κ3) is 3.22. The summed E-state index contributed by atoms with van der Waals surface area (Å²) in [5.74, 6) is -1.43. The molecule has 2 heterocycles. The molecule has 0 aromatic heterocycles. The van der Waals surface area contributed by atoms with Crippen molar-refractivity contribution in [3.05, 3.63) is 31.1 Å². The van der Waals surface area contributed by atoms with Crippen LogP contribution < -0.4 is 0 Å². The van der Waals surface area contributed by atoms with Gasteiger partial charge in [0.15, 0.2) is 0 Å². The summed E-state index contributed by atoms with van der Waals surface area (Å²) in [6, 6.07) is 2.74. The van der Waals surface area contributed by atoms with Crippen LogP contribution in [0.5, 0.6) is 0 Å². The normalized spacial score (nSPS) is 30.2. The molecule has 3 atom stereocenters. The van der Waals surface area contributed by atoms with E-state index in [0.29, 0.717) is 14.5 Å². The van der Waals surface area contributed by atoms with Crippen molar-refractivity contribution in [2.24, 2.45) is 4.99 Å². The molecule has 1 N–H and O–H groups in total. The van der Waals surface area contributed by atoms with E-state index in [1.54, 1.807) is 0 Å². The van der Waals surface area contributed by atoms with Gasteiger partial charge in [-0.05, 0) is 73.8 Å². The van der Waals surface area contributed by atoms with Gasteiger partial charge in [0.2, 0.25) is 4.45 Å². The van der Waals surface area contributed by atoms with Crippen molar-refractivity contribution in [2.75, 3.05) is 0 Å². The van der Waals surface area contributed by atoms with E-state index < -0.39 is 32.5 Å². The van der Waals surface area contributed by atoms with Gasteiger partial charge in [-0.25, -0.2) is 9.79 Å². The number of benzene rings is 1. The van der Waals surface area contributed by atoms with E-state index >= 15 is 0 Å². The second-order valence-corrected chi connectivity index (χ2v) is 12.3. The van der Waals surface area contributed by atoms with E-state index in [1.165, 1.54) is 16.7 Å². The summed E-state index contributed by atoms with van der Waals surface area (Å²) in [6.45, 7) is 3.62. The van der Waals surface area contributed by atoms with Gasteiger partial charge in [-0.2, -0.15) is 0 Å². The van der Waals surface area contributed by atoms with Crippen molar-refractivity contribution in [1.82, 2.24) is 4.90 Å². The fraction of sp³-hybridized carbons (Fsp3) is 0.400. The largest absolute Gasteiger partial charge is 0.480 e. The highest BCUT2D eigenvalue weighted by molar-refractivity contribution is 9.11. The second kappa shape index (κ2) is 7.02. The quantitative estimate of drug-likeness (QED) is 0.211. The van der Waals surface area contributed by atoms with Crippen LogP contribution in [-0.4, -0.2) is 47.7 Å². The van der Waals surface area contributed by atoms with Gasteiger partial charge in [0.25, 0.3) is 5.91 Å². The van der Waals surface area contributed by atoms with Gasteiger partial charge in [0.1, 0.15) is 16.6 Å². The van der Waals surface area contributed by atoms with E-state index in [1.807, 2.05) is 26.0 Å². The van der Waals surface area contributed by atoms with Crippen molar-refractivity contribution in [3.8, 4) is 0 Å². The van der Waals surface area contributed by atoms with Crippen molar-refractivity contribution >= 4 is 104 Å². The predicted molar refractivity (Wildman–Crippen MR) is 117 cm³/mol. The van der Waals surface area contributed by atoms with Crippen LogP contribution in [0.1, 0.15) is 19.4 Å². The van der Waals surface area contributed by atoms with E-state index in [0.717, 1.165) is 4.47 Å². The van der Waals surface area contributed by atoms with Crippen LogP contribution in [-0.2, 0) is 9.59 Å². The third-order valence-corrected chi connectivity index (χ3v) is 9.03. The molecule has 2 fully saturated rings. The Morgan fingerprint density at radius 3 is 2.35 bits per heavy atom. The van der Waals surface area contributed by atoms with E-state index in [4.69, 9.17) is 11.6 Å². The Labute approximate surface area is 192 Å². The first-order valence-electron chi connectivity index (χ1n) is 7.22. The van der Waals surface area contributed by atoms with Crippen molar-refractivity contribution in [1.29, 1.82) is 0 Å². The maximum atomic E-state index is 12.8. The summed E-state index contributed by atoms with van der Waals surface area (Å²) in [4.78, 5) is 30.2. The minimum atomic E-state index is -1.29. The number of nitrogens with zero attached hydrogens (tertiary/aromatic N) is 2. The summed E-state index contributed by atoms with van der Waals surface area (Å²) in [6.07, 6.45) is 0. The molecule has 1 unspecified atom stereocenters. The average Bonchev–Trinajstić information content (AvgIpc) is 2.75. The fourth-order valence-electron chi connectivity index (χ4n) is 3.04. The van der Waals surface area contributed by atoms with Crippen LogP contribution in [0, 0.1) is 0 Å². The molecule has 11 heteroatoms. The van der Waals surface area contributed by atoms with Gasteiger partial charge in [-0.15, -0.1) is 11.8 Å². The number of carbonyl (C=O) groups is 2. The van der Waals surface area contributed by atoms with Crippen LogP contribution in [0.4, 0.5) is 0 Å². The zero-order valence-corrected chi connectivity index (χ0v) is 21.2. The number of fused-ring (bicyclic) bond motifs is 1. The SMILES string of the molecule is CC1(C)S[C@H]2N(C(=O)C2(Br)N=C(Cl)c2c(Br)cc(Br)cc2Br)[C@H]1C(=O)O. The maximum Gasteiger partial charge on any atom is 0.327 e. The van der Waals surface area contributed by atoms with Crippen LogP contribution in [0.25, 0.3) is 0 Å². The molecule has 0 saturated carbocycles. The van der Waals surface area contributed by atoms with Gasteiger partial charge in [-0.1, -0.05) is 27.5 Å². The molecule has 140 valence electrons. The summed E-state index contributed by atoms with van der Waals surface area (Å²) >= 11 is 21.5. The van der Waals surface area contributed by atoms with Crippen LogP contribution >= 0.6 is 87.1 Å². The molecule has 2 aliphatic rings. The number of β-lactam (4-membered cyclic amide) rings is 1. The van der Waals surface area contributed by atoms with Gasteiger partial charge >= 0.3 is 5.97 Å². The highest BCUT2D eigenvalue weighted by atomic mass is 79.9. The third-order valence-electron chi connectivity index (χ3n) is 4.17. The summed E-state index contributed by atoms with van der Waals surface area (Å²) in [5, 5.41) is 9.20. The number of alkyl halides is 1. The maximum absolute atomic E-state index is 12.8. The number of halogens is 5. The number of thioether (sulfide) groups is 1. The molecule has 5 nitrogen and oxygen atoms in total. The average molecular weight is 654 g/mol. The molecule has 1 aromatic carbocycles. The standard InChI is InChI=1S/C15H11Br4ClN2O3S/c1-14(2)9(11(23)24)22-12(25)15(19,13(22)26-14)21-10(20)8-6(17)3-5(16)4-7(8)18/h3-4,9,13H,1-2H3,(H,23,24)/t9-,13+,15?/m0/s1. The van der Waals surface area contributed by atoms with Crippen molar-refractivity contribution in [3.63, 3.8) is 0 Å². The lowest BCUT2D eigenvalue weighted by Crippen LogP contribution is -2.70. The monoisotopic (exact) mass is 650 g/mol. The highest BCUT2D eigenvalue weighted by Crippen LogP contribution is 2.58. The number of carbonyl (C=O) groups excluding carboxylic acids is 1. The summed E-state index contributed by atoms with van der Waals surface area (Å²) < 4.78 is 0.330. The molecule has 2 saturated heterocycles. The minimum absolute atomic E-state index is 0.137. The summed E-state index contributed by atoms with van der Waals surface area (Å²) in [7, 11) is 0. The first-order valence-corrected chi connectivity index (χ1v) is 11.7.